The van der Waals surface area contributed by atoms with E-state index >= 15 is 0 Å². The maximum atomic E-state index is 13.3. The van der Waals surface area contributed by atoms with Crippen LogP contribution < -0.4 is 4.90 Å². The lowest BCUT2D eigenvalue weighted by atomic mass is 9.90. The number of hydrogen-bond acceptors (Lipinski definition) is 5. The Hall–Kier alpha value is -3.14. The second-order valence-electron chi connectivity index (χ2n) is 7.75. The minimum absolute atomic E-state index is 0.0124. The molecule has 0 saturated carbocycles. The second kappa shape index (κ2) is 8.09. The molecule has 0 spiro atoms. The highest BCUT2D eigenvalue weighted by molar-refractivity contribution is 7.90. The molecule has 2 aromatic rings. The van der Waals surface area contributed by atoms with Crippen LogP contribution in [-0.2, 0) is 25.6 Å². The van der Waals surface area contributed by atoms with Gasteiger partial charge in [-0.15, -0.1) is 0 Å². The standard InChI is InChI=1S/C22H20F3NO5S/c1-12(2)19(27)17-18(13-6-4-7-14(10-13)22(23,24)25)26(21(29)20(17)28)15-8-5-9-16(11-15)32(3,30)31/h4-12,18,28H,1-3H3/t18-/m1/s1. The molecule has 1 amide bonds. The summed E-state index contributed by atoms with van der Waals surface area (Å²) in [5.41, 5.74) is -1.37. The highest BCUT2D eigenvalue weighted by Crippen LogP contribution is 2.43. The van der Waals surface area contributed by atoms with Crippen molar-refractivity contribution < 1.29 is 36.3 Å². The van der Waals surface area contributed by atoms with Crippen LogP contribution in [0.5, 0.6) is 0 Å². The fourth-order valence-electron chi connectivity index (χ4n) is 3.50. The van der Waals surface area contributed by atoms with Gasteiger partial charge in [-0.1, -0.05) is 32.0 Å². The monoisotopic (exact) mass is 467 g/mol. The lowest BCUT2D eigenvalue weighted by molar-refractivity contribution is -0.137. The van der Waals surface area contributed by atoms with Gasteiger partial charge in [-0.25, -0.2) is 8.42 Å². The van der Waals surface area contributed by atoms with Crippen molar-refractivity contribution in [1.29, 1.82) is 0 Å². The van der Waals surface area contributed by atoms with E-state index in [-0.39, 0.29) is 21.7 Å². The zero-order valence-electron chi connectivity index (χ0n) is 17.3. The first-order valence-electron chi connectivity index (χ1n) is 9.51. The molecule has 0 fully saturated rings. The van der Waals surface area contributed by atoms with Gasteiger partial charge in [-0.05, 0) is 35.9 Å². The van der Waals surface area contributed by atoms with Crippen molar-refractivity contribution in [3.8, 4) is 0 Å². The number of carbonyl (C=O) groups excluding carboxylic acids is 2. The Kier molecular flexibility index (Phi) is 5.94. The molecule has 2 aromatic carbocycles. The Morgan fingerprint density at radius 2 is 1.72 bits per heavy atom. The van der Waals surface area contributed by atoms with Crippen LogP contribution in [0.25, 0.3) is 0 Å². The molecule has 0 saturated heterocycles. The molecule has 6 nitrogen and oxygen atoms in total. The van der Waals surface area contributed by atoms with E-state index in [1.807, 2.05) is 0 Å². The summed E-state index contributed by atoms with van der Waals surface area (Å²) in [6.45, 7) is 3.06. The summed E-state index contributed by atoms with van der Waals surface area (Å²) in [6, 6.07) is 7.95. The molecule has 0 unspecified atom stereocenters. The Balaban J connectivity index is 2.26. The number of nitrogens with zero attached hydrogens (tertiary/aromatic N) is 1. The number of ketones is 1. The summed E-state index contributed by atoms with van der Waals surface area (Å²) < 4.78 is 63.9. The third-order valence-corrected chi connectivity index (χ3v) is 6.16. The quantitative estimate of drug-likeness (QED) is 0.711. The van der Waals surface area contributed by atoms with Gasteiger partial charge in [0.1, 0.15) is 0 Å². The van der Waals surface area contributed by atoms with Gasteiger partial charge in [0.2, 0.25) is 0 Å². The maximum Gasteiger partial charge on any atom is 0.416 e. The van der Waals surface area contributed by atoms with Crippen LogP contribution >= 0.6 is 0 Å². The number of anilines is 1. The van der Waals surface area contributed by atoms with Gasteiger partial charge in [-0.3, -0.25) is 14.5 Å². The van der Waals surface area contributed by atoms with Crippen LogP contribution in [0.3, 0.4) is 0 Å². The van der Waals surface area contributed by atoms with Crippen LogP contribution in [0.15, 0.2) is 64.8 Å². The Morgan fingerprint density at radius 3 is 2.28 bits per heavy atom. The summed E-state index contributed by atoms with van der Waals surface area (Å²) in [5, 5.41) is 10.5. The number of rotatable bonds is 5. The number of carbonyl (C=O) groups is 2. The molecule has 0 bridgehead atoms. The van der Waals surface area contributed by atoms with Crippen molar-refractivity contribution in [2.75, 3.05) is 11.2 Å². The van der Waals surface area contributed by atoms with Crippen molar-refractivity contribution in [3.05, 3.63) is 71.0 Å². The third-order valence-electron chi connectivity index (χ3n) is 5.05. The molecule has 1 N–H and O–H groups in total. The molecule has 1 aliphatic rings. The lowest BCUT2D eigenvalue weighted by Crippen LogP contribution is -2.31. The summed E-state index contributed by atoms with van der Waals surface area (Å²) in [4.78, 5) is 26.6. The minimum atomic E-state index is -4.67. The smallest absolute Gasteiger partial charge is 0.416 e. The van der Waals surface area contributed by atoms with Crippen molar-refractivity contribution in [1.82, 2.24) is 0 Å². The summed E-state index contributed by atoms with van der Waals surface area (Å²) in [6.07, 6.45) is -3.71. The SMILES string of the molecule is CC(C)C(=O)C1=C(O)C(=O)N(c2cccc(S(C)(=O)=O)c2)[C@@H]1c1cccc(C(F)(F)F)c1. The van der Waals surface area contributed by atoms with Crippen molar-refractivity contribution in [3.63, 3.8) is 0 Å². The van der Waals surface area contributed by atoms with E-state index in [2.05, 4.69) is 0 Å². The summed E-state index contributed by atoms with van der Waals surface area (Å²) in [5.74, 6) is -3.16. The fraction of sp³-hybridized carbons (Fsp3) is 0.273. The second-order valence-corrected chi connectivity index (χ2v) is 9.77. The predicted octanol–water partition coefficient (Wildman–Crippen LogP) is 4.23. The van der Waals surface area contributed by atoms with E-state index in [4.69, 9.17) is 0 Å². The van der Waals surface area contributed by atoms with Crippen LogP contribution in [0.2, 0.25) is 0 Å². The van der Waals surface area contributed by atoms with E-state index in [1.54, 1.807) is 0 Å². The predicted molar refractivity (Wildman–Crippen MR) is 111 cm³/mol. The number of amides is 1. The Bertz CT molecular complexity index is 1230. The van der Waals surface area contributed by atoms with E-state index in [0.29, 0.717) is 0 Å². The van der Waals surface area contributed by atoms with Crippen molar-refractivity contribution in [2.45, 2.75) is 31.0 Å². The molecule has 10 heteroatoms. The van der Waals surface area contributed by atoms with Gasteiger partial charge >= 0.3 is 6.18 Å². The Morgan fingerprint density at radius 1 is 1.09 bits per heavy atom. The number of halogens is 3. The number of alkyl halides is 3. The van der Waals surface area contributed by atoms with Gasteiger partial charge < -0.3 is 5.11 Å². The zero-order chi connectivity index (χ0) is 24.0. The number of Topliss-reactive ketones (excluding diaryl/α,β-unsaturated/α-hetero) is 1. The van der Waals surface area contributed by atoms with Crippen LogP contribution in [0.4, 0.5) is 18.9 Å². The molecule has 1 aliphatic heterocycles. The molecule has 3 rings (SSSR count). The minimum Gasteiger partial charge on any atom is -0.503 e. The first-order valence-corrected chi connectivity index (χ1v) is 11.4. The van der Waals surface area contributed by atoms with Crippen LogP contribution in [0, 0.1) is 5.92 Å². The Labute approximate surface area is 182 Å². The van der Waals surface area contributed by atoms with Gasteiger partial charge in [0.25, 0.3) is 5.91 Å². The molecule has 1 heterocycles. The maximum absolute atomic E-state index is 13.3. The summed E-state index contributed by atoms with van der Waals surface area (Å²) in [7, 11) is -3.67. The molecule has 32 heavy (non-hydrogen) atoms. The van der Waals surface area contributed by atoms with Crippen LogP contribution in [0.1, 0.15) is 31.0 Å². The average Bonchev–Trinajstić information content (AvgIpc) is 2.97. The number of hydrogen-bond donors (Lipinski definition) is 1. The van der Waals surface area contributed by atoms with Crippen LogP contribution in [-0.4, -0.2) is 31.5 Å². The largest absolute Gasteiger partial charge is 0.503 e. The van der Waals surface area contributed by atoms with Crippen molar-refractivity contribution in [2.24, 2.45) is 5.92 Å². The molecule has 0 radical (unpaired) electrons. The van der Waals surface area contributed by atoms with Gasteiger partial charge in [0.05, 0.1) is 22.1 Å². The van der Waals surface area contributed by atoms with E-state index in [0.717, 1.165) is 29.4 Å². The molecule has 1 atom stereocenters. The average molecular weight is 467 g/mol. The first-order chi connectivity index (χ1) is 14.7. The number of benzene rings is 2. The van der Waals surface area contributed by atoms with Gasteiger partial charge in [-0.2, -0.15) is 13.2 Å². The third kappa shape index (κ3) is 4.27. The summed E-state index contributed by atoms with van der Waals surface area (Å²) >= 11 is 0. The highest BCUT2D eigenvalue weighted by atomic mass is 32.2. The topological polar surface area (TPSA) is 91.8 Å². The molecular weight excluding hydrogens is 447 g/mol. The fourth-order valence-corrected chi connectivity index (χ4v) is 4.16. The van der Waals surface area contributed by atoms with E-state index < -0.39 is 51.0 Å². The zero-order valence-corrected chi connectivity index (χ0v) is 18.2. The number of aliphatic hydroxyl groups is 1. The molecule has 170 valence electrons. The van der Waals surface area contributed by atoms with E-state index in [9.17, 15) is 36.3 Å². The molecular formula is C22H20F3NO5S. The van der Waals surface area contributed by atoms with E-state index in [1.165, 1.54) is 44.2 Å². The number of sulfone groups is 1. The van der Waals surface area contributed by atoms with Gasteiger partial charge in [0, 0.05) is 17.9 Å². The van der Waals surface area contributed by atoms with Gasteiger partial charge in [0.15, 0.2) is 21.4 Å². The molecule has 0 aliphatic carbocycles. The number of aliphatic hydroxyl groups excluding tert-OH is 1. The first kappa shape index (κ1) is 23.5. The van der Waals surface area contributed by atoms with Crippen molar-refractivity contribution >= 4 is 27.2 Å². The highest BCUT2D eigenvalue weighted by Gasteiger charge is 2.45. The normalized spacial score (nSPS) is 17.4. The molecule has 0 aromatic heterocycles. The lowest BCUT2D eigenvalue weighted by Gasteiger charge is -2.28.